The molecule has 1 aromatic carbocycles. The van der Waals surface area contributed by atoms with Crippen LogP contribution in [0.1, 0.15) is 0 Å². The molecule has 0 fully saturated rings. The minimum atomic E-state index is -1.56. The Morgan fingerprint density at radius 3 is 2.48 bits per heavy atom. The van der Waals surface area contributed by atoms with Gasteiger partial charge in [-0.1, -0.05) is 0 Å². The molecule has 0 aromatic heterocycles. The van der Waals surface area contributed by atoms with Crippen LogP contribution in [0.4, 0.5) is 23.2 Å². The maximum absolute atomic E-state index is 13.3. The Kier molecular flexibility index (Phi) is 4.96. The van der Waals surface area contributed by atoms with Crippen LogP contribution in [0, 0.1) is 0 Å². The highest BCUT2D eigenvalue weighted by molar-refractivity contribution is 6.10. The van der Waals surface area contributed by atoms with Gasteiger partial charge in [0.1, 0.15) is 0 Å². The number of ether oxygens (including phenoxy) is 3. The number of alkyl halides is 4. The van der Waals surface area contributed by atoms with Gasteiger partial charge in [-0.25, -0.2) is 18.2 Å². The Morgan fingerprint density at radius 2 is 1.76 bits per heavy atom. The summed E-state index contributed by atoms with van der Waals surface area (Å²) in [7, 11) is 0. The number of halogens is 4. The van der Waals surface area contributed by atoms with Gasteiger partial charge in [0.25, 0.3) is 6.42 Å². The van der Waals surface area contributed by atoms with Crippen molar-refractivity contribution in [2.45, 2.75) is 6.42 Å². The predicted octanol–water partition coefficient (Wildman–Crippen LogP) is 3.08. The lowest BCUT2D eigenvalue weighted by Crippen LogP contribution is -2.23. The third-order valence-electron chi connectivity index (χ3n) is 3.41. The van der Waals surface area contributed by atoms with E-state index in [1.165, 1.54) is 35.5 Å². The van der Waals surface area contributed by atoms with Crippen molar-refractivity contribution < 1.29 is 31.8 Å². The molecule has 0 amide bonds. The molecule has 0 bridgehead atoms. The number of nitrogens with zero attached hydrogens (tertiary/aromatic N) is 2. The summed E-state index contributed by atoms with van der Waals surface area (Å²) in [4.78, 5) is 5.18. The molecule has 0 aliphatic carbocycles. The number of anilines is 1. The van der Waals surface area contributed by atoms with E-state index in [4.69, 9.17) is 14.2 Å². The lowest BCUT2D eigenvalue weighted by Gasteiger charge is -2.24. The number of fused-ring (bicyclic) bond motifs is 1. The van der Waals surface area contributed by atoms with E-state index in [1.54, 1.807) is 0 Å². The first-order valence-corrected chi connectivity index (χ1v) is 7.08. The molecule has 6 nitrogen and oxygen atoms in total. The second-order valence-electron chi connectivity index (χ2n) is 4.76. The third-order valence-corrected chi connectivity index (χ3v) is 3.41. The smallest absolute Gasteiger partial charge is 0.265 e. The highest BCUT2D eigenvalue weighted by Gasteiger charge is 2.26. The zero-order valence-corrected chi connectivity index (χ0v) is 12.7. The fourth-order valence-electron chi connectivity index (χ4n) is 2.44. The van der Waals surface area contributed by atoms with Gasteiger partial charge in [-0.2, -0.15) is 4.39 Å². The second-order valence-corrected chi connectivity index (χ2v) is 4.76. The average Bonchev–Trinajstić information content (AvgIpc) is 2.97. The summed E-state index contributed by atoms with van der Waals surface area (Å²) in [6.07, 6.45) is 2.99. The minimum Gasteiger partial charge on any atom is -0.459 e. The Morgan fingerprint density at radius 1 is 1.04 bits per heavy atom. The Bertz CT molecular complexity index is 739. The summed E-state index contributed by atoms with van der Waals surface area (Å²) in [6, 6.07) is 2.76. The number of nitrogens with one attached hydrogen (secondary N) is 1. The average molecular weight is 359 g/mol. The van der Waals surface area contributed by atoms with Gasteiger partial charge in [0, 0.05) is 12.4 Å². The summed E-state index contributed by atoms with van der Waals surface area (Å²) < 4.78 is 65.7. The van der Waals surface area contributed by atoms with Crippen LogP contribution in [0.3, 0.4) is 0 Å². The quantitative estimate of drug-likeness (QED) is 0.599. The number of allylic oxidation sites excluding steroid dienone is 1. The molecular formula is C15H13F4N3O3. The van der Waals surface area contributed by atoms with E-state index in [-0.39, 0.29) is 22.9 Å². The molecule has 1 atom stereocenters. The van der Waals surface area contributed by atoms with Crippen LogP contribution in [-0.2, 0) is 0 Å². The summed E-state index contributed by atoms with van der Waals surface area (Å²) in [5.74, 6) is -0.627. The molecule has 1 unspecified atom stereocenters. The maximum atomic E-state index is 13.3. The van der Waals surface area contributed by atoms with Crippen molar-refractivity contribution in [3.8, 4) is 17.2 Å². The molecule has 0 saturated heterocycles. The van der Waals surface area contributed by atoms with Crippen LogP contribution >= 0.6 is 0 Å². The molecule has 0 saturated carbocycles. The van der Waals surface area contributed by atoms with E-state index in [2.05, 4.69) is 10.3 Å². The second kappa shape index (κ2) is 7.32. The zero-order chi connectivity index (χ0) is 17.8. The normalized spacial score (nSPS) is 18.2. The Balaban J connectivity index is 2.02. The largest absolute Gasteiger partial charge is 0.459 e. The predicted molar refractivity (Wildman–Crippen MR) is 81.4 cm³/mol. The molecule has 2 heterocycles. The highest BCUT2D eigenvalue weighted by Crippen LogP contribution is 2.45. The Hall–Kier alpha value is -2.91. The number of hydrogen-bond donors (Lipinski definition) is 1. The molecule has 25 heavy (non-hydrogen) atoms. The van der Waals surface area contributed by atoms with E-state index in [0.717, 1.165) is 0 Å². The third kappa shape index (κ3) is 3.32. The molecular weight excluding hydrogens is 346 g/mol. The van der Waals surface area contributed by atoms with Crippen molar-refractivity contribution in [3.63, 3.8) is 0 Å². The number of benzene rings is 1. The first kappa shape index (κ1) is 16.9. The van der Waals surface area contributed by atoms with Crippen LogP contribution in [0.5, 0.6) is 17.2 Å². The lowest BCUT2D eigenvalue weighted by molar-refractivity contribution is 0.140. The van der Waals surface area contributed by atoms with Gasteiger partial charge in [-0.05, 0) is 18.2 Å². The van der Waals surface area contributed by atoms with Crippen molar-refractivity contribution in [2.24, 2.45) is 4.99 Å². The first-order chi connectivity index (χ1) is 12.2. The zero-order valence-electron chi connectivity index (χ0n) is 12.7. The van der Waals surface area contributed by atoms with Gasteiger partial charge in [-0.3, -0.25) is 0 Å². The van der Waals surface area contributed by atoms with Crippen LogP contribution in [-0.4, -0.2) is 32.7 Å². The van der Waals surface area contributed by atoms with Gasteiger partial charge >= 0.3 is 0 Å². The lowest BCUT2D eigenvalue weighted by atomic mass is 10.2. The fourth-order valence-corrected chi connectivity index (χ4v) is 2.44. The van der Waals surface area contributed by atoms with Crippen molar-refractivity contribution in [1.82, 2.24) is 5.32 Å². The summed E-state index contributed by atoms with van der Waals surface area (Å²) >= 11 is 0. The van der Waals surface area contributed by atoms with Crippen LogP contribution in [0.25, 0.3) is 0 Å². The maximum Gasteiger partial charge on any atom is 0.265 e. The van der Waals surface area contributed by atoms with Crippen molar-refractivity contribution in [2.75, 3.05) is 25.5 Å². The SMILES string of the molecule is FCOc1ccc(N2C=CC3=NC(F)NC3=C2)c(OCF)c1OCF. The van der Waals surface area contributed by atoms with E-state index in [9.17, 15) is 17.6 Å². The molecule has 2 aliphatic heterocycles. The molecule has 0 radical (unpaired) electrons. The molecule has 10 heteroatoms. The first-order valence-electron chi connectivity index (χ1n) is 7.08. The molecule has 1 N–H and O–H groups in total. The number of rotatable bonds is 7. The number of hydrogen-bond acceptors (Lipinski definition) is 6. The monoisotopic (exact) mass is 359 g/mol. The fraction of sp³-hybridized carbons (Fsp3) is 0.267. The van der Waals surface area contributed by atoms with E-state index >= 15 is 0 Å². The van der Waals surface area contributed by atoms with Crippen molar-refractivity contribution >= 4 is 11.4 Å². The van der Waals surface area contributed by atoms with Gasteiger partial charge in [0.05, 0.1) is 17.1 Å². The van der Waals surface area contributed by atoms with Crippen LogP contribution in [0.2, 0.25) is 0 Å². The topological polar surface area (TPSA) is 55.3 Å². The molecule has 1 aromatic rings. The van der Waals surface area contributed by atoms with E-state index in [0.29, 0.717) is 11.4 Å². The summed E-state index contributed by atoms with van der Waals surface area (Å²) in [5.41, 5.74) is 1.06. The van der Waals surface area contributed by atoms with Crippen molar-refractivity contribution in [3.05, 3.63) is 36.3 Å². The van der Waals surface area contributed by atoms with Gasteiger partial charge < -0.3 is 24.4 Å². The molecule has 3 rings (SSSR count). The highest BCUT2D eigenvalue weighted by atomic mass is 19.1. The van der Waals surface area contributed by atoms with Gasteiger partial charge in [0.2, 0.25) is 26.3 Å². The minimum absolute atomic E-state index is 0.147. The van der Waals surface area contributed by atoms with Crippen molar-refractivity contribution in [1.29, 1.82) is 0 Å². The van der Waals surface area contributed by atoms with Crippen LogP contribution in [0.15, 0.2) is 41.3 Å². The molecule has 2 aliphatic rings. The van der Waals surface area contributed by atoms with Gasteiger partial charge in [-0.15, -0.1) is 0 Å². The summed E-state index contributed by atoms with van der Waals surface area (Å²) in [6.45, 7) is -3.68. The van der Waals surface area contributed by atoms with E-state index < -0.39 is 27.0 Å². The Labute approximate surface area is 140 Å². The van der Waals surface area contributed by atoms with Gasteiger partial charge in [0.15, 0.2) is 11.5 Å². The van der Waals surface area contributed by atoms with E-state index in [1.807, 2.05) is 0 Å². The van der Waals surface area contributed by atoms with Crippen LogP contribution < -0.4 is 24.4 Å². The molecule has 134 valence electrons. The standard InChI is InChI=1S/C15H13F4N3O3/c16-6-23-12-2-1-11(13(24-7-17)14(12)25-8-18)22-4-3-9-10(5-22)21-15(19)20-9/h1-5,15,21H,6-8H2. The number of aliphatic imine (C=N–C) groups is 1. The summed E-state index contributed by atoms with van der Waals surface area (Å²) in [5, 5.41) is 2.50. The molecule has 0 spiro atoms.